The molecule has 0 fully saturated rings. The highest BCUT2D eigenvalue weighted by Crippen LogP contribution is 2.29. The van der Waals surface area contributed by atoms with Crippen LogP contribution < -0.4 is 5.73 Å². The number of aromatic amines is 1. The molecule has 2 heterocycles. The van der Waals surface area contributed by atoms with Crippen LogP contribution in [0.1, 0.15) is 5.82 Å². The number of nitrogens with two attached hydrogens (primary N) is 1. The van der Waals surface area contributed by atoms with Crippen molar-refractivity contribution >= 4 is 22.9 Å². The monoisotopic (exact) mass is 227 g/mol. The molecule has 3 nitrogen and oxygen atoms in total. The molecule has 2 rings (SSSR count). The first kappa shape index (κ1) is 9.71. The molecule has 0 atom stereocenters. The Morgan fingerprint density at radius 3 is 3.07 bits per heavy atom. The predicted octanol–water partition coefficient (Wildman–Crippen LogP) is 2.29. The van der Waals surface area contributed by atoms with Crippen LogP contribution >= 0.6 is 22.9 Å². The van der Waals surface area contributed by atoms with Crippen LogP contribution in [0.25, 0.3) is 10.6 Å². The van der Waals surface area contributed by atoms with E-state index in [1.165, 1.54) is 0 Å². The van der Waals surface area contributed by atoms with E-state index in [0.29, 0.717) is 11.7 Å². The highest BCUT2D eigenvalue weighted by Gasteiger charge is 2.10. The predicted molar refractivity (Wildman–Crippen MR) is 59.7 cm³/mol. The Kier molecular flexibility index (Phi) is 2.86. The van der Waals surface area contributed by atoms with Crippen molar-refractivity contribution in [2.75, 3.05) is 6.54 Å². The molecule has 0 spiro atoms. The van der Waals surface area contributed by atoms with Gasteiger partial charge in [-0.2, -0.15) is 0 Å². The number of imidazole rings is 1. The fourth-order valence-electron chi connectivity index (χ4n) is 1.23. The number of H-pyrrole nitrogens is 1. The Morgan fingerprint density at radius 2 is 2.43 bits per heavy atom. The molecule has 0 saturated heterocycles. The van der Waals surface area contributed by atoms with Crippen LogP contribution in [0.2, 0.25) is 5.15 Å². The molecule has 2 aromatic rings. The number of nitrogens with zero attached hydrogens (tertiary/aromatic N) is 1. The lowest BCUT2D eigenvalue weighted by molar-refractivity contribution is 0.895. The van der Waals surface area contributed by atoms with Gasteiger partial charge in [-0.05, 0) is 18.0 Å². The van der Waals surface area contributed by atoms with Crippen LogP contribution in [0.5, 0.6) is 0 Å². The van der Waals surface area contributed by atoms with Gasteiger partial charge in [-0.3, -0.25) is 0 Å². The summed E-state index contributed by atoms with van der Waals surface area (Å²) in [6.45, 7) is 0.577. The quantitative estimate of drug-likeness (QED) is 0.846. The minimum Gasteiger partial charge on any atom is -0.332 e. The van der Waals surface area contributed by atoms with Gasteiger partial charge in [0.2, 0.25) is 0 Å². The van der Waals surface area contributed by atoms with Crippen molar-refractivity contribution in [3.8, 4) is 10.6 Å². The molecule has 0 radical (unpaired) electrons. The molecule has 0 unspecified atom stereocenters. The van der Waals surface area contributed by atoms with Crippen molar-refractivity contribution in [2.24, 2.45) is 5.73 Å². The second kappa shape index (κ2) is 4.13. The van der Waals surface area contributed by atoms with E-state index in [9.17, 15) is 0 Å². The lowest BCUT2D eigenvalue weighted by Crippen LogP contribution is -2.03. The first-order chi connectivity index (χ1) is 6.81. The molecule has 0 amide bonds. The fourth-order valence-corrected chi connectivity index (χ4v) is 2.26. The Hall–Kier alpha value is -0.840. The lowest BCUT2D eigenvalue weighted by Gasteiger charge is -1.89. The van der Waals surface area contributed by atoms with Gasteiger partial charge in [0, 0.05) is 6.42 Å². The van der Waals surface area contributed by atoms with Gasteiger partial charge >= 0.3 is 0 Å². The van der Waals surface area contributed by atoms with Gasteiger partial charge in [-0.1, -0.05) is 17.7 Å². The molecule has 74 valence electrons. The van der Waals surface area contributed by atoms with Crippen LogP contribution in [0.15, 0.2) is 17.5 Å². The lowest BCUT2D eigenvalue weighted by atomic mass is 10.4. The van der Waals surface area contributed by atoms with Crippen LogP contribution in [0.4, 0.5) is 0 Å². The molecular formula is C9H10ClN3S. The zero-order chi connectivity index (χ0) is 9.97. The number of rotatable bonds is 3. The summed E-state index contributed by atoms with van der Waals surface area (Å²) < 4.78 is 0. The average Bonchev–Trinajstić information content (AvgIpc) is 2.74. The standard InChI is InChI=1S/C9H10ClN3S/c10-9-8(6-2-1-5-14-6)12-7(13-9)3-4-11/h1-2,5H,3-4,11H2,(H,12,13). The zero-order valence-electron chi connectivity index (χ0n) is 7.46. The van der Waals surface area contributed by atoms with Gasteiger partial charge in [0.15, 0.2) is 0 Å². The third-order valence-corrected chi connectivity index (χ3v) is 2.99. The van der Waals surface area contributed by atoms with E-state index in [4.69, 9.17) is 17.3 Å². The molecule has 0 aromatic carbocycles. The van der Waals surface area contributed by atoms with E-state index >= 15 is 0 Å². The first-order valence-electron chi connectivity index (χ1n) is 4.29. The van der Waals surface area contributed by atoms with Crippen molar-refractivity contribution in [3.05, 3.63) is 28.5 Å². The number of aromatic nitrogens is 2. The summed E-state index contributed by atoms with van der Waals surface area (Å²) in [4.78, 5) is 8.48. The molecule has 0 aliphatic heterocycles. The van der Waals surface area contributed by atoms with Crippen molar-refractivity contribution < 1.29 is 0 Å². The van der Waals surface area contributed by atoms with Gasteiger partial charge in [-0.15, -0.1) is 11.3 Å². The van der Waals surface area contributed by atoms with Gasteiger partial charge < -0.3 is 10.7 Å². The Bertz CT molecular complexity index is 408. The third-order valence-electron chi connectivity index (χ3n) is 1.84. The maximum atomic E-state index is 6.02. The SMILES string of the molecule is NCCc1nc(-c2cccs2)c(Cl)[nH]1. The topological polar surface area (TPSA) is 54.7 Å². The maximum Gasteiger partial charge on any atom is 0.135 e. The number of nitrogens with one attached hydrogen (secondary N) is 1. The highest BCUT2D eigenvalue weighted by molar-refractivity contribution is 7.13. The van der Waals surface area contributed by atoms with E-state index in [2.05, 4.69) is 9.97 Å². The van der Waals surface area contributed by atoms with Crippen molar-refractivity contribution in [3.63, 3.8) is 0 Å². The average molecular weight is 228 g/mol. The number of halogens is 1. The van der Waals surface area contributed by atoms with Gasteiger partial charge in [-0.25, -0.2) is 4.98 Å². The minimum absolute atomic E-state index is 0.577. The van der Waals surface area contributed by atoms with E-state index in [0.717, 1.165) is 22.8 Å². The van der Waals surface area contributed by atoms with E-state index < -0.39 is 0 Å². The first-order valence-corrected chi connectivity index (χ1v) is 5.55. The summed E-state index contributed by atoms with van der Waals surface area (Å²) in [6.07, 6.45) is 0.727. The fraction of sp³-hybridized carbons (Fsp3) is 0.222. The second-order valence-electron chi connectivity index (χ2n) is 2.86. The van der Waals surface area contributed by atoms with Crippen LogP contribution in [0.3, 0.4) is 0 Å². The Morgan fingerprint density at radius 1 is 1.57 bits per heavy atom. The summed E-state index contributed by atoms with van der Waals surface area (Å²) in [6, 6.07) is 3.98. The molecule has 2 aromatic heterocycles. The summed E-state index contributed by atoms with van der Waals surface area (Å²) in [5, 5.41) is 2.60. The summed E-state index contributed by atoms with van der Waals surface area (Å²) in [5.74, 6) is 0.848. The summed E-state index contributed by atoms with van der Waals surface area (Å²) in [5.41, 5.74) is 6.26. The Balaban J connectivity index is 2.35. The van der Waals surface area contributed by atoms with Crippen LogP contribution in [-0.2, 0) is 6.42 Å². The largest absolute Gasteiger partial charge is 0.332 e. The highest BCUT2D eigenvalue weighted by atomic mass is 35.5. The molecule has 5 heteroatoms. The maximum absolute atomic E-state index is 6.02. The molecule has 0 aliphatic carbocycles. The van der Waals surface area contributed by atoms with Gasteiger partial charge in [0.05, 0.1) is 4.88 Å². The normalized spacial score (nSPS) is 10.7. The van der Waals surface area contributed by atoms with E-state index in [-0.39, 0.29) is 0 Å². The van der Waals surface area contributed by atoms with Crippen molar-refractivity contribution in [1.82, 2.24) is 9.97 Å². The Labute approximate surface area is 90.9 Å². The van der Waals surface area contributed by atoms with Gasteiger partial charge in [0.25, 0.3) is 0 Å². The van der Waals surface area contributed by atoms with Crippen molar-refractivity contribution in [1.29, 1.82) is 0 Å². The minimum atomic E-state index is 0.577. The second-order valence-corrected chi connectivity index (χ2v) is 4.19. The van der Waals surface area contributed by atoms with Gasteiger partial charge in [0.1, 0.15) is 16.7 Å². The molecular weight excluding hydrogens is 218 g/mol. The smallest absolute Gasteiger partial charge is 0.135 e. The van der Waals surface area contributed by atoms with E-state index in [1.54, 1.807) is 11.3 Å². The third kappa shape index (κ3) is 1.82. The number of thiophene rings is 1. The van der Waals surface area contributed by atoms with Crippen molar-refractivity contribution in [2.45, 2.75) is 6.42 Å². The van der Waals surface area contributed by atoms with Crippen LogP contribution in [-0.4, -0.2) is 16.5 Å². The molecule has 0 aliphatic rings. The molecule has 0 saturated carbocycles. The van der Waals surface area contributed by atoms with Crippen LogP contribution in [0, 0.1) is 0 Å². The number of hydrogen-bond acceptors (Lipinski definition) is 3. The zero-order valence-corrected chi connectivity index (χ0v) is 9.03. The molecule has 3 N–H and O–H groups in total. The molecule has 14 heavy (non-hydrogen) atoms. The summed E-state index contributed by atoms with van der Waals surface area (Å²) >= 11 is 7.64. The number of hydrogen-bond donors (Lipinski definition) is 2. The molecule has 0 bridgehead atoms. The van der Waals surface area contributed by atoms with E-state index in [1.807, 2.05) is 17.5 Å². The summed E-state index contributed by atoms with van der Waals surface area (Å²) in [7, 11) is 0.